The number of methoxy groups -OCH3 is 1. The van der Waals surface area contributed by atoms with Gasteiger partial charge in [0, 0.05) is 30.8 Å². The van der Waals surface area contributed by atoms with Crippen LogP contribution in [0.3, 0.4) is 0 Å². The van der Waals surface area contributed by atoms with Crippen LogP contribution in [0, 0.1) is 0 Å². The van der Waals surface area contributed by atoms with E-state index in [-0.39, 0.29) is 23.0 Å². The van der Waals surface area contributed by atoms with Gasteiger partial charge in [-0.3, -0.25) is 4.79 Å². The van der Waals surface area contributed by atoms with Crippen molar-refractivity contribution in [2.45, 2.75) is 76.5 Å². The lowest BCUT2D eigenvalue weighted by atomic mass is 9.79. The van der Waals surface area contributed by atoms with Crippen LogP contribution in [0.15, 0.2) is 0 Å². The second-order valence-electron chi connectivity index (χ2n) is 7.25. The van der Waals surface area contributed by atoms with E-state index in [1.165, 1.54) is 0 Å². The maximum absolute atomic E-state index is 12.1. The van der Waals surface area contributed by atoms with Crippen molar-refractivity contribution in [3.05, 3.63) is 0 Å². The first kappa shape index (κ1) is 17.4. The number of piperidine rings is 1. The molecule has 0 aliphatic carbocycles. The molecular formula is C15H31N3O2. The number of ether oxygens (including phenoxy) is 1. The van der Waals surface area contributed by atoms with Gasteiger partial charge in [0.25, 0.3) is 0 Å². The molecule has 0 aromatic carbocycles. The van der Waals surface area contributed by atoms with Gasteiger partial charge in [-0.1, -0.05) is 0 Å². The Morgan fingerprint density at radius 2 is 1.90 bits per heavy atom. The lowest BCUT2D eigenvalue weighted by Crippen LogP contribution is -2.63. The highest BCUT2D eigenvalue weighted by Crippen LogP contribution is 2.28. The molecule has 1 aliphatic rings. The number of hydrogen-bond acceptors (Lipinski definition) is 4. The van der Waals surface area contributed by atoms with Gasteiger partial charge in [-0.05, 0) is 53.4 Å². The van der Waals surface area contributed by atoms with Crippen LogP contribution >= 0.6 is 0 Å². The minimum absolute atomic E-state index is 0.0276. The summed E-state index contributed by atoms with van der Waals surface area (Å²) in [4.78, 5) is 12.1. The van der Waals surface area contributed by atoms with Crippen molar-refractivity contribution in [3.8, 4) is 0 Å². The number of hydrogen-bond donors (Lipinski definition) is 3. The Morgan fingerprint density at radius 1 is 1.35 bits per heavy atom. The van der Waals surface area contributed by atoms with E-state index >= 15 is 0 Å². The summed E-state index contributed by atoms with van der Waals surface area (Å²) in [7, 11) is 1.66. The van der Waals surface area contributed by atoms with E-state index in [1.54, 1.807) is 7.11 Å². The Morgan fingerprint density at radius 3 is 2.40 bits per heavy atom. The molecule has 1 unspecified atom stereocenters. The molecule has 0 radical (unpaired) electrons. The zero-order chi connectivity index (χ0) is 15.4. The van der Waals surface area contributed by atoms with Gasteiger partial charge in [0.1, 0.15) is 0 Å². The molecule has 0 spiro atoms. The highest BCUT2D eigenvalue weighted by molar-refractivity contribution is 5.81. The van der Waals surface area contributed by atoms with Crippen molar-refractivity contribution in [1.29, 1.82) is 0 Å². The molecule has 4 N–H and O–H groups in total. The quantitative estimate of drug-likeness (QED) is 0.640. The van der Waals surface area contributed by atoms with E-state index in [1.807, 2.05) is 0 Å². The van der Waals surface area contributed by atoms with Crippen LogP contribution in [-0.2, 0) is 9.53 Å². The number of carbonyl (C=O) groups is 1. The summed E-state index contributed by atoms with van der Waals surface area (Å²) >= 11 is 0. The third-order valence-corrected chi connectivity index (χ3v) is 3.74. The molecule has 1 fully saturated rings. The van der Waals surface area contributed by atoms with Crippen molar-refractivity contribution < 1.29 is 9.53 Å². The van der Waals surface area contributed by atoms with Crippen LogP contribution in [0.1, 0.15) is 53.4 Å². The molecule has 1 aliphatic heterocycles. The van der Waals surface area contributed by atoms with Crippen LogP contribution in [-0.4, -0.2) is 42.8 Å². The van der Waals surface area contributed by atoms with Crippen LogP contribution in [0.2, 0.25) is 0 Å². The monoisotopic (exact) mass is 285 g/mol. The highest BCUT2D eigenvalue weighted by atomic mass is 16.5. The van der Waals surface area contributed by atoms with Gasteiger partial charge >= 0.3 is 0 Å². The third kappa shape index (κ3) is 5.77. The summed E-state index contributed by atoms with van der Waals surface area (Å²) in [5, 5.41) is 6.72. The van der Waals surface area contributed by atoms with E-state index < -0.39 is 6.04 Å². The second-order valence-corrected chi connectivity index (χ2v) is 7.25. The van der Waals surface area contributed by atoms with Gasteiger partial charge in [-0.15, -0.1) is 0 Å². The van der Waals surface area contributed by atoms with Gasteiger partial charge in [0.15, 0.2) is 0 Å². The molecule has 1 atom stereocenters. The fourth-order valence-corrected chi connectivity index (χ4v) is 3.31. The number of nitrogens with one attached hydrogen (secondary N) is 2. The van der Waals surface area contributed by atoms with Crippen LogP contribution in [0.4, 0.5) is 0 Å². The predicted octanol–water partition coefficient (Wildman–Crippen LogP) is 1.17. The van der Waals surface area contributed by atoms with Crippen molar-refractivity contribution in [1.82, 2.24) is 10.6 Å². The molecule has 118 valence electrons. The highest BCUT2D eigenvalue weighted by Gasteiger charge is 2.38. The van der Waals surface area contributed by atoms with Gasteiger partial charge in [0.2, 0.25) is 5.91 Å². The fourth-order valence-electron chi connectivity index (χ4n) is 3.31. The lowest BCUT2D eigenvalue weighted by Gasteiger charge is -2.46. The zero-order valence-electron chi connectivity index (χ0n) is 13.6. The second kappa shape index (κ2) is 6.87. The molecule has 5 nitrogen and oxygen atoms in total. The maximum Gasteiger partial charge on any atom is 0.237 e. The van der Waals surface area contributed by atoms with Gasteiger partial charge in [0.05, 0.1) is 6.04 Å². The Balaban J connectivity index is 2.48. The number of rotatable bonds is 6. The summed E-state index contributed by atoms with van der Waals surface area (Å²) < 4.78 is 4.98. The smallest absolute Gasteiger partial charge is 0.237 e. The number of nitrogens with two attached hydrogens (primary N) is 1. The minimum Gasteiger partial charge on any atom is -0.385 e. The predicted molar refractivity (Wildman–Crippen MR) is 81.5 cm³/mol. The normalized spacial score (nSPS) is 23.3. The Bertz CT molecular complexity index is 313. The van der Waals surface area contributed by atoms with Gasteiger partial charge in [-0.2, -0.15) is 0 Å². The third-order valence-electron chi connectivity index (χ3n) is 3.74. The topological polar surface area (TPSA) is 76.4 Å². The Hall–Kier alpha value is -0.650. The first-order chi connectivity index (χ1) is 9.15. The maximum atomic E-state index is 12.1. The minimum atomic E-state index is -0.439. The largest absolute Gasteiger partial charge is 0.385 e. The van der Waals surface area contributed by atoms with Crippen molar-refractivity contribution in [2.75, 3.05) is 13.7 Å². The lowest BCUT2D eigenvalue weighted by molar-refractivity contribution is -0.123. The molecule has 20 heavy (non-hydrogen) atoms. The average molecular weight is 285 g/mol. The molecule has 0 bridgehead atoms. The molecule has 0 saturated carbocycles. The summed E-state index contributed by atoms with van der Waals surface area (Å²) in [6.45, 7) is 9.34. The zero-order valence-corrected chi connectivity index (χ0v) is 13.6. The van der Waals surface area contributed by atoms with Crippen molar-refractivity contribution in [2.24, 2.45) is 5.73 Å². The van der Waals surface area contributed by atoms with Crippen molar-refractivity contribution in [3.63, 3.8) is 0 Å². The van der Waals surface area contributed by atoms with E-state index in [4.69, 9.17) is 10.5 Å². The van der Waals surface area contributed by atoms with Crippen LogP contribution in [0.25, 0.3) is 0 Å². The van der Waals surface area contributed by atoms with E-state index in [9.17, 15) is 4.79 Å². The first-order valence-electron chi connectivity index (χ1n) is 7.49. The summed E-state index contributed by atoms with van der Waals surface area (Å²) in [6, 6.07) is -0.256. The molecular weight excluding hydrogens is 254 g/mol. The summed E-state index contributed by atoms with van der Waals surface area (Å²) in [5.41, 5.74) is 5.98. The number of carbonyl (C=O) groups excluding carboxylic acids is 1. The standard InChI is InChI=1S/C15H31N3O2/c1-14(2)9-11(10-15(3,4)18-14)17-13(19)12(16)7-6-8-20-5/h11-12,18H,6-10,16H2,1-5H3,(H,17,19). The van der Waals surface area contributed by atoms with E-state index in [0.29, 0.717) is 13.0 Å². The number of amides is 1. The molecule has 0 aromatic heterocycles. The average Bonchev–Trinajstić information content (AvgIpc) is 2.24. The first-order valence-corrected chi connectivity index (χ1v) is 7.49. The SMILES string of the molecule is COCCCC(N)C(=O)NC1CC(C)(C)NC(C)(C)C1. The van der Waals surface area contributed by atoms with Crippen molar-refractivity contribution >= 4 is 5.91 Å². The van der Waals surface area contributed by atoms with Crippen LogP contribution < -0.4 is 16.4 Å². The molecule has 5 heteroatoms. The van der Waals surface area contributed by atoms with E-state index in [0.717, 1.165) is 19.3 Å². The Kier molecular flexibility index (Phi) is 5.98. The fraction of sp³-hybridized carbons (Fsp3) is 0.933. The Labute approximate surface area is 123 Å². The van der Waals surface area contributed by atoms with Gasteiger partial charge in [-0.25, -0.2) is 0 Å². The van der Waals surface area contributed by atoms with E-state index in [2.05, 4.69) is 38.3 Å². The summed E-state index contributed by atoms with van der Waals surface area (Å²) in [6.07, 6.45) is 3.33. The summed E-state index contributed by atoms with van der Waals surface area (Å²) in [5.74, 6) is -0.0420. The van der Waals surface area contributed by atoms with Gasteiger partial charge < -0.3 is 21.1 Å². The molecule has 0 aromatic rings. The molecule has 1 rings (SSSR count). The molecule has 1 amide bonds. The molecule has 1 saturated heterocycles. The molecule has 1 heterocycles. The van der Waals surface area contributed by atoms with Crippen LogP contribution in [0.5, 0.6) is 0 Å².